The van der Waals surface area contributed by atoms with Crippen molar-refractivity contribution >= 4 is 17.5 Å². The first-order chi connectivity index (χ1) is 13.3. The Hall–Kier alpha value is -3.35. The molecule has 0 unspecified atom stereocenters. The highest BCUT2D eigenvalue weighted by Gasteiger charge is 2.14. The number of ether oxygens (including phenoxy) is 1. The number of imidazole rings is 1. The maximum absolute atomic E-state index is 12.2. The van der Waals surface area contributed by atoms with Gasteiger partial charge < -0.3 is 19.8 Å². The summed E-state index contributed by atoms with van der Waals surface area (Å²) < 4.78 is 7.67. The van der Waals surface area contributed by atoms with E-state index >= 15 is 0 Å². The van der Waals surface area contributed by atoms with Gasteiger partial charge in [0.05, 0.1) is 12.2 Å². The van der Waals surface area contributed by atoms with E-state index in [1.54, 1.807) is 24.3 Å². The second-order valence-electron chi connectivity index (χ2n) is 7.49. The van der Waals surface area contributed by atoms with Gasteiger partial charge in [-0.2, -0.15) is 0 Å². The smallest absolute Gasteiger partial charge is 0.251 e. The van der Waals surface area contributed by atoms with Gasteiger partial charge in [0.1, 0.15) is 18.0 Å². The SMILES string of the molecule is CC(C)(C)NC(=O)CNC(=O)c1ccc(OCc2cn3ccccc3n2)cc1. The number of nitrogens with one attached hydrogen (secondary N) is 2. The Morgan fingerprint density at radius 3 is 2.54 bits per heavy atom. The van der Waals surface area contributed by atoms with Crippen LogP contribution < -0.4 is 15.4 Å². The standard InChI is InChI=1S/C21H24N4O3/c1-21(2,3)24-19(26)12-22-20(27)15-7-9-17(10-8-15)28-14-16-13-25-11-5-4-6-18(25)23-16/h4-11,13H,12,14H2,1-3H3,(H,22,27)(H,24,26). The molecule has 0 aliphatic carbocycles. The molecule has 3 rings (SSSR count). The number of amides is 2. The third kappa shape index (κ3) is 5.33. The number of nitrogens with zero attached hydrogens (tertiary/aromatic N) is 2. The first-order valence-electron chi connectivity index (χ1n) is 9.05. The number of hydrogen-bond acceptors (Lipinski definition) is 4. The van der Waals surface area contributed by atoms with E-state index in [9.17, 15) is 9.59 Å². The van der Waals surface area contributed by atoms with E-state index < -0.39 is 0 Å². The lowest BCUT2D eigenvalue weighted by Crippen LogP contribution is -2.45. The van der Waals surface area contributed by atoms with Crippen LogP contribution >= 0.6 is 0 Å². The molecule has 3 aromatic rings. The zero-order valence-electron chi connectivity index (χ0n) is 16.2. The molecule has 2 N–H and O–H groups in total. The summed E-state index contributed by atoms with van der Waals surface area (Å²) in [5, 5.41) is 5.40. The van der Waals surface area contributed by atoms with Crippen molar-refractivity contribution in [2.45, 2.75) is 32.9 Å². The van der Waals surface area contributed by atoms with E-state index in [0.29, 0.717) is 17.9 Å². The zero-order chi connectivity index (χ0) is 20.1. The van der Waals surface area contributed by atoms with Gasteiger partial charge in [-0.15, -0.1) is 0 Å². The number of benzene rings is 1. The molecule has 0 bridgehead atoms. The summed E-state index contributed by atoms with van der Waals surface area (Å²) >= 11 is 0. The molecule has 0 aliphatic heterocycles. The van der Waals surface area contributed by atoms with Gasteiger partial charge in [0, 0.05) is 23.5 Å². The number of pyridine rings is 1. The van der Waals surface area contributed by atoms with Gasteiger partial charge in [0.15, 0.2) is 0 Å². The number of aromatic nitrogens is 2. The Balaban J connectivity index is 1.51. The molecule has 2 amide bonds. The fourth-order valence-electron chi connectivity index (χ4n) is 2.64. The van der Waals surface area contributed by atoms with Gasteiger partial charge in [-0.3, -0.25) is 9.59 Å². The summed E-state index contributed by atoms with van der Waals surface area (Å²) in [4.78, 5) is 28.4. The number of carbonyl (C=O) groups excluding carboxylic acids is 2. The maximum Gasteiger partial charge on any atom is 0.251 e. The molecule has 0 saturated heterocycles. The van der Waals surface area contributed by atoms with E-state index in [1.807, 2.05) is 55.8 Å². The number of carbonyl (C=O) groups is 2. The first-order valence-corrected chi connectivity index (χ1v) is 9.05. The molecule has 0 fully saturated rings. The van der Waals surface area contributed by atoms with Crippen molar-refractivity contribution in [3.63, 3.8) is 0 Å². The summed E-state index contributed by atoms with van der Waals surface area (Å²) in [6, 6.07) is 12.6. The van der Waals surface area contributed by atoms with Crippen LogP contribution in [0.3, 0.4) is 0 Å². The summed E-state index contributed by atoms with van der Waals surface area (Å²) in [5.74, 6) is 0.100. The normalized spacial score (nSPS) is 11.2. The van der Waals surface area contributed by atoms with Gasteiger partial charge >= 0.3 is 0 Å². The Kier molecular flexibility index (Phi) is 5.63. The first kappa shape index (κ1) is 19.4. The predicted molar refractivity (Wildman–Crippen MR) is 106 cm³/mol. The molecule has 28 heavy (non-hydrogen) atoms. The maximum atomic E-state index is 12.2. The van der Waals surface area contributed by atoms with Crippen molar-refractivity contribution < 1.29 is 14.3 Å². The van der Waals surface area contributed by atoms with E-state index in [1.165, 1.54) is 0 Å². The van der Waals surface area contributed by atoms with E-state index in [4.69, 9.17) is 4.74 Å². The minimum Gasteiger partial charge on any atom is -0.487 e. The van der Waals surface area contributed by atoms with Crippen LogP contribution in [0.15, 0.2) is 54.9 Å². The number of rotatable bonds is 6. The Morgan fingerprint density at radius 1 is 1.11 bits per heavy atom. The summed E-state index contributed by atoms with van der Waals surface area (Å²) in [5.41, 5.74) is 1.81. The molecule has 2 heterocycles. The van der Waals surface area contributed by atoms with Gasteiger partial charge in [-0.25, -0.2) is 4.98 Å². The second-order valence-corrected chi connectivity index (χ2v) is 7.49. The van der Waals surface area contributed by atoms with Crippen LogP contribution in [0.25, 0.3) is 5.65 Å². The van der Waals surface area contributed by atoms with Gasteiger partial charge in [-0.1, -0.05) is 6.07 Å². The highest BCUT2D eigenvalue weighted by molar-refractivity contribution is 5.96. The molecule has 2 aromatic heterocycles. The van der Waals surface area contributed by atoms with Crippen molar-refractivity contribution in [2.75, 3.05) is 6.54 Å². The average Bonchev–Trinajstić information content (AvgIpc) is 3.06. The van der Waals surface area contributed by atoms with E-state index in [-0.39, 0.29) is 23.9 Å². The van der Waals surface area contributed by atoms with Crippen LogP contribution in [-0.2, 0) is 11.4 Å². The van der Waals surface area contributed by atoms with Crippen LogP contribution in [0.5, 0.6) is 5.75 Å². The Morgan fingerprint density at radius 2 is 1.86 bits per heavy atom. The molecule has 7 heteroatoms. The highest BCUT2D eigenvalue weighted by Crippen LogP contribution is 2.14. The quantitative estimate of drug-likeness (QED) is 0.688. The van der Waals surface area contributed by atoms with E-state index in [2.05, 4.69) is 15.6 Å². The minimum atomic E-state index is -0.332. The molecular weight excluding hydrogens is 356 g/mol. The molecule has 0 saturated carbocycles. The largest absolute Gasteiger partial charge is 0.487 e. The van der Waals surface area contributed by atoms with Crippen molar-refractivity contribution in [3.05, 3.63) is 66.1 Å². The third-order valence-electron chi connectivity index (χ3n) is 3.84. The highest BCUT2D eigenvalue weighted by atomic mass is 16.5. The molecule has 0 radical (unpaired) electrons. The van der Waals surface area contributed by atoms with Crippen molar-refractivity contribution in [2.24, 2.45) is 0 Å². The van der Waals surface area contributed by atoms with Crippen LogP contribution in [0, 0.1) is 0 Å². The lowest BCUT2D eigenvalue weighted by molar-refractivity contribution is -0.121. The molecule has 0 atom stereocenters. The molecule has 0 aliphatic rings. The minimum absolute atomic E-state index is 0.0672. The summed E-state index contributed by atoms with van der Waals surface area (Å²) in [7, 11) is 0. The number of fused-ring (bicyclic) bond motifs is 1. The Labute approximate surface area is 163 Å². The fourth-order valence-corrected chi connectivity index (χ4v) is 2.64. The van der Waals surface area contributed by atoms with Crippen LogP contribution in [-0.4, -0.2) is 33.3 Å². The van der Waals surface area contributed by atoms with E-state index in [0.717, 1.165) is 11.3 Å². The van der Waals surface area contributed by atoms with Crippen LogP contribution in [0.4, 0.5) is 0 Å². The summed E-state index contributed by atoms with van der Waals surface area (Å²) in [6.07, 6.45) is 3.85. The van der Waals surface area contributed by atoms with Gasteiger partial charge in [0.2, 0.25) is 5.91 Å². The zero-order valence-corrected chi connectivity index (χ0v) is 16.2. The molecule has 0 spiro atoms. The topological polar surface area (TPSA) is 84.7 Å². The molecule has 146 valence electrons. The Bertz CT molecular complexity index is 938. The van der Waals surface area contributed by atoms with Crippen molar-refractivity contribution in [3.8, 4) is 5.75 Å². The fraction of sp³-hybridized carbons (Fsp3) is 0.286. The van der Waals surface area contributed by atoms with Crippen molar-refractivity contribution in [1.29, 1.82) is 0 Å². The van der Waals surface area contributed by atoms with Crippen LogP contribution in [0.2, 0.25) is 0 Å². The lowest BCUT2D eigenvalue weighted by atomic mass is 10.1. The predicted octanol–water partition coefficient (Wildman–Crippen LogP) is 2.56. The molecule has 7 nitrogen and oxygen atoms in total. The lowest BCUT2D eigenvalue weighted by Gasteiger charge is -2.20. The van der Waals surface area contributed by atoms with Gasteiger partial charge in [-0.05, 0) is 57.2 Å². The monoisotopic (exact) mass is 380 g/mol. The second kappa shape index (κ2) is 8.12. The third-order valence-corrected chi connectivity index (χ3v) is 3.84. The summed E-state index contributed by atoms with van der Waals surface area (Å²) in [6.45, 7) is 5.93. The average molecular weight is 380 g/mol. The van der Waals surface area contributed by atoms with Crippen LogP contribution in [0.1, 0.15) is 36.8 Å². The molecule has 1 aromatic carbocycles. The number of hydrogen-bond donors (Lipinski definition) is 2. The van der Waals surface area contributed by atoms with Gasteiger partial charge in [0.25, 0.3) is 5.91 Å². The molecular formula is C21H24N4O3. The van der Waals surface area contributed by atoms with Crippen molar-refractivity contribution in [1.82, 2.24) is 20.0 Å².